The first-order chi connectivity index (χ1) is 9.74. The van der Waals surface area contributed by atoms with Crippen molar-refractivity contribution in [3.63, 3.8) is 0 Å². The molecule has 1 fully saturated rings. The summed E-state index contributed by atoms with van der Waals surface area (Å²) in [5, 5.41) is 13.2. The third kappa shape index (κ3) is 5.61. The predicted molar refractivity (Wildman–Crippen MR) is 81.5 cm³/mol. The number of nitrogens with one attached hydrogen (secondary N) is 1. The molecule has 2 rings (SSSR count). The monoisotopic (exact) mass is 277 g/mol. The van der Waals surface area contributed by atoms with Crippen LogP contribution in [0.1, 0.15) is 38.2 Å². The van der Waals surface area contributed by atoms with Gasteiger partial charge >= 0.3 is 0 Å². The van der Waals surface area contributed by atoms with Crippen molar-refractivity contribution < 1.29 is 9.84 Å². The number of hydrogen-bond acceptors (Lipinski definition) is 3. The summed E-state index contributed by atoms with van der Waals surface area (Å²) in [5.41, 5.74) is 1.24. The van der Waals surface area contributed by atoms with Gasteiger partial charge in [-0.15, -0.1) is 0 Å². The molecule has 1 aromatic rings. The summed E-state index contributed by atoms with van der Waals surface area (Å²) in [6, 6.07) is 10.2. The molecule has 0 aliphatic heterocycles. The van der Waals surface area contributed by atoms with Gasteiger partial charge in [0.1, 0.15) is 0 Å². The minimum atomic E-state index is -0.418. The number of rotatable bonds is 7. The van der Waals surface area contributed by atoms with Crippen molar-refractivity contribution in [3.05, 3.63) is 35.9 Å². The van der Waals surface area contributed by atoms with E-state index in [1.807, 2.05) is 18.2 Å². The largest absolute Gasteiger partial charge is 0.389 e. The molecular formula is C17H27NO2. The Morgan fingerprint density at radius 2 is 1.90 bits per heavy atom. The van der Waals surface area contributed by atoms with Crippen molar-refractivity contribution in [2.75, 3.05) is 13.2 Å². The molecule has 112 valence electrons. The summed E-state index contributed by atoms with van der Waals surface area (Å²) >= 11 is 0. The second-order valence-electron chi connectivity index (χ2n) is 5.99. The standard InChI is InChI=1S/C17H27NO2/c1-14-7-9-17(10-8-14)20-13-16(19)12-18-11-15-5-3-2-4-6-15/h2-6,14,16-19H,7-13H2,1H3. The number of hydrogen-bond donors (Lipinski definition) is 2. The SMILES string of the molecule is CC1CCC(OCC(O)CNCc2ccccc2)CC1. The van der Waals surface area contributed by atoms with Crippen LogP contribution in [0.25, 0.3) is 0 Å². The van der Waals surface area contributed by atoms with Gasteiger partial charge in [0.05, 0.1) is 18.8 Å². The van der Waals surface area contributed by atoms with Gasteiger partial charge in [0.25, 0.3) is 0 Å². The number of aliphatic hydroxyl groups excluding tert-OH is 1. The van der Waals surface area contributed by atoms with Crippen molar-refractivity contribution in [2.24, 2.45) is 5.92 Å². The van der Waals surface area contributed by atoms with Crippen LogP contribution in [0.4, 0.5) is 0 Å². The molecule has 1 atom stereocenters. The first-order valence-corrected chi connectivity index (χ1v) is 7.78. The van der Waals surface area contributed by atoms with Crippen molar-refractivity contribution in [1.82, 2.24) is 5.32 Å². The Bertz CT molecular complexity index is 361. The smallest absolute Gasteiger partial charge is 0.0897 e. The summed E-state index contributed by atoms with van der Waals surface area (Å²) in [7, 11) is 0. The summed E-state index contributed by atoms with van der Waals surface area (Å²) in [6.45, 7) is 4.12. The minimum Gasteiger partial charge on any atom is -0.389 e. The van der Waals surface area contributed by atoms with Crippen LogP contribution in [0.5, 0.6) is 0 Å². The molecular weight excluding hydrogens is 250 g/mol. The lowest BCUT2D eigenvalue weighted by molar-refractivity contribution is -0.0278. The fraction of sp³-hybridized carbons (Fsp3) is 0.647. The molecule has 1 aromatic carbocycles. The van der Waals surface area contributed by atoms with Gasteiger partial charge in [0.2, 0.25) is 0 Å². The average molecular weight is 277 g/mol. The molecule has 0 saturated heterocycles. The zero-order valence-electron chi connectivity index (χ0n) is 12.4. The van der Waals surface area contributed by atoms with Gasteiger partial charge in [-0.05, 0) is 37.2 Å². The second kappa shape index (κ2) is 8.40. The summed E-state index contributed by atoms with van der Waals surface area (Å²) in [4.78, 5) is 0. The van der Waals surface area contributed by atoms with Gasteiger partial charge in [0, 0.05) is 13.1 Å². The molecule has 1 saturated carbocycles. The predicted octanol–water partition coefficient (Wildman–Crippen LogP) is 2.73. The fourth-order valence-electron chi connectivity index (χ4n) is 2.68. The highest BCUT2D eigenvalue weighted by Crippen LogP contribution is 2.25. The Morgan fingerprint density at radius 3 is 2.60 bits per heavy atom. The second-order valence-corrected chi connectivity index (χ2v) is 5.99. The van der Waals surface area contributed by atoms with Crippen molar-refractivity contribution in [2.45, 2.75) is 51.4 Å². The highest BCUT2D eigenvalue weighted by Gasteiger charge is 2.19. The third-order valence-electron chi connectivity index (χ3n) is 4.04. The maximum Gasteiger partial charge on any atom is 0.0897 e. The number of aliphatic hydroxyl groups is 1. The number of ether oxygens (including phenoxy) is 1. The fourth-order valence-corrected chi connectivity index (χ4v) is 2.68. The first kappa shape index (κ1) is 15.5. The van der Waals surface area contributed by atoms with Crippen LogP contribution in [-0.2, 0) is 11.3 Å². The van der Waals surface area contributed by atoms with E-state index in [1.165, 1.54) is 18.4 Å². The van der Waals surface area contributed by atoms with Gasteiger partial charge in [-0.3, -0.25) is 0 Å². The molecule has 3 heteroatoms. The Hall–Kier alpha value is -0.900. The normalized spacial score (nSPS) is 24.5. The third-order valence-corrected chi connectivity index (χ3v) is 4.04. The number of benzene rings is 1. The molecule has 1 aliphatic rings. The quantitative estimate of drug-likeness (QED) is 0.805. The van der Waals surface area contributed by atoms with E-state index in [0.717, 1.165) is 25.3 Å². The Kier molecular flexibility index (Phi) is 6.51. The maximum atomic E-state index is 9.92. The molecule has 1 aliphatic carbocycles. The lowest BCUT2D eigenvalue weighted by Gasteiger charge is -2.27. The molecule has 0 aromatic heterocycles. The molecule has 0 heterocycles. The van der Waals surface area contributed by atoms with Crippen LogP contribution in [0, 0.1) is 5.92 Å². The molecule has 3 nitrogen and oxygen atoms in total. The lowest BCUT2D eigenvalue weighted by Crippen LogP contribution is -2.32. The lowest BCUT2D eigenvalue weighted by atomic mass is 9.89. The van der Waals surface area contributed by atoms with Crippen molar-refractivity contribution in [3.8, 4) is 0 Å². The van der Waals surface area contributed by atoms with Crippen LogP contribution >= 0.6 is 0 Å². The van der Waals surface area contributed by atoms with Crippen LogP contribution in [0.3, 0.4) is 0 Å². The van der Waals surface area contributed by atoms with E-state index < -0.39 is 6.10 Å². The van der Waals surface area contributed by atoms with E-state index in [1.54, 1.807) is 0 Å². The highest BCUT2D eigenvalue weighted by molar-refractivity contribution is 5.14. The van der Waals surface area contributed by atoms with Crippen LogP contribution in [-0.4, -0.2) is 30.5 Å². The van der Waals surface area contributed by atoms with Crippen molar-refractivity contribution in [1.29, 1.82) is 0 Å². The van der Waals surface area contributed by atoms with E-state index in [9.17, 15) is 5.11 Å². The van der Waals surface area contributed by atoms with Crippen LogP contribution < -0.4 is 5.32 Å². The maximum absolute atomic E-state index is 9.92. The Morgan fingerprint density at radius 1 is 1.20 bits per heavy atom. The van der Waals surface area contributed by atoms with Gasteiger partial charge in [0.15, 0.2) is 0 Å². The van der Waals surface area contributed by atoms with Crippen molar-refractivity contribution >= 4 is 0 Å². The van der Waals surface area contributed by atoms with Crippen LogP contribution in [0.2, 0.25) is 0 Å². The van der Waals surface area contributed by atoms with Gasteiger partial charge in [-0.25, -0.2) is 0 Å². The van der Waals surface area contributed by atoms with E-state index in [0.29, 0.717) is 19.3 Å². The molecule has 0 spiro atoms. The molecule has 1 unspecified atom stereocenters. The molecule has 2 N–H and O–H groups in total. The van der Waals surface area contributed by atoms with Crippen LogP contribution in [0.15, 0.2) is 30.3 Å². The molecule has 20 heavy (non-hydrogen) atoms. The molecule has 0 bridgehead atoms. The van der Waals surface area contributed by atoms with E-state index in [-0.39, 0.29) is 0 Å². The van der Waals surface area contributed by atoms with Gasteiger partial charge < -0.3 is 15.2 Å². The topological polar surface area (TPSA) is 41.5 Å². The van der Waals surface area contributed by atoms with E-state index >= 15 is 0 Å². The first-order valence-electron chi connectivity index (χ1n) is 7.78. The van der Waals surface area contributed by atoms with E-state index in [2.05, 4.69) is 24.4 Å². The summed E-state index contributed by atoms with van der Waals surface area (Å²) < 4.78 is 5.81. The molecule has 0 amide bonds. The molecule has 0 radical (unpaired) electrons. The van der Waals surface area contributed by atoms with Gasteiger partial charge in [-0.1, -0.05) is 37.3 Å². The Labute approximate surface area is 122 Å². The van der Waals surface area contributed by atoms with E-state index in [4.69, 9.17) is 4.74 Å². The average Bonchev–Trinajstić information content (AvgIpc) is 2.48. The zero-order chi connectivity index (χ0) is 14.2. The minimum absolute atomic E-state index is 0.356. The highest BCUT2D eigenvalue weighted by atomic mass is 16.5. The summed E-state index contributed by atoms with van der Waals surface area (Å²) in [5.74, 6) is 0.840. The Balaban J connectivity index is 1.55. The zero-order valence-corrected chi connectivity index (χ0v) is 12.4. The van der Waals surface area contributed by atoms with Gasteiger partial charge in [-0.2, -0.15) is 0 Å². The summed E-state index contributed by atoms with van der Waals surface area (Å²) in [6.07, 6.45) is 4.74.